The van der Waals surface area contributed by atoms with E-state index in [1.54, 1.807) is 12.1 Å². The summed E-state index contributed by atoms with van der Waals surface area (Å²) in [5.74, 6) is 1.58. The molecule has 2 aromatic carbocycles. The van der Waals surface area contributed by atoms with Crippen molar-refractivity contribution in [2.45, 2.75) is 78.6 Å². The fourth-order valence-electron chi connectivity index (χ4n) is 4.43. The second-order valence-corrected chi connectivity index (χ2v) is 10.1. The lowest BCUT2D eigenvalue weighted by Gasteiger charge is -2.20. The first-order valence-electron chi connectivity index (χ1n) is 14.2. The summed E-state index contributed by atoms with van der Waals surface area (Å²) in [6.45, 7) is 11.9. The van der Waals surface area contributed by atoms with E-state index in [1.165, 1.54) is 28.8 Å². The van der Waals surface area contributed by atoms with Crippen molar-refractivity contribution in [3.63, 3.8) is 0 Å². The number of amidine groups is 1. The van der Waals surface area contributed by atoms with Crippen LogP contribution < -0.4 is 15.6 Å². The van der Waals surface area contributed by atoms with Gasteiger partial charge in [-0.15, -0.1) is 0 Å². The van der Waals surface area contributed by atoms with Crippen LogP contribution in [0.2, 0.25) is 0 Å². The molecular formula is C33H40F3N3O2. The van der Waals surface area contributed by atoms with Crippen molar-refractivity contribution >= 4 is 23.4 Å². The highest BCUT2D eigenvalue weighted by molar-refractivity contribution is 5.98. The molecule has 5 nitrogen and oxygen atoms in total. The van der Waals surface area contributed by atoms with Crippen LogP contribution in [0.4, 0.5) is 24.7 Å². The second-order valence-electron chi connectivity index (χ2n) is 10.1. The van der Waals surface area contributed by atoms with Crippen LogP contribution in [0.5, 0.6) is 5.75 Å². The van der Waals surface area contributed by atoms with Gasteiger partial charge in [-0.05, 0) is 61.2 Å². The molecular weight excluding hydrogens is 527 g/mol. The first kappa shape index (κ1) is 31.7. The quantitative estimate of drug-likeness (QED) is 0.166. The number of hydrogen-bond donors (Lipinski definition) is 1. The summed E-state index contributed by atoms with van der Waals surface area (Å²) >= 11 is 0. The van der Waals surface area contributed by atoms with E-state index in [2.05, 4.69) is 25.7 Å². The van der Waals surface area contributed by atoms with Crippen molar-refractivity contribution in [3.8, 4) is 5.75 Å². The molecule has 1 aromatic heterocycles. The molecule has 0 aliphatic carbocycles. The Labute approximate surface area is 240 Å². The molecule has 1 heterocycles. The number of rotatable bonds is 13. The molecule has 0 saturated heterocycles. The highest BCUT2D eigenvalue weighted by atomic mass is 19.4. The normalized spacial score (nSPS) is 13.5. The number of benzene rings is 2. The van der Waals surface area contributed by atoms with Gasteiger partial charge in [-0.2, -0.15) is 13.2 Å². The fourth-order valence-corrected chi connectivity index (χ4v) is 4.43. The number of alkyl halides is 3. The summed E-state index contributed by atoms with van der Waals surface area (Å²) in [5, 5.41) is 3.37. The van der Waals surface area contributed by atoms with Crippen molar-refractivity contribution in [2.75, 3.05) is 5.32 Å². The van der Waals surface area contributed by atoms with E-state index >= 15 is 0 Å². The van der Waals surface area contributed by atoms with Crippen LogP contribution in [0, 0.1) is 5.92 Å². The summed E-state index contributed by atoms with van der Waals surface area (Å²) in [6, 6.07) is 15.8. The van der Waals surface area contributed by atoms with Gasteiger partial charge in [-0.3, -0.25) is 9.36 Å². The number of anilines is 1. The number of hydrogen-bond acceptors (Lipinski definition) is 3. The highest BCUT2D eigenvalue weighted by Crippen LogP contribution is 2.33. The minimum absolute atomic E-state index is 0.0160. The predicted molar refractivity (Wildman–Crippen MR) is 162 cm³/mol. The smallest absolute Gasteiger partial charge is 0.416 e. The maximum absolute atomic E-state index is 13.7. The van der Waals surface area contributed by atoms with Crippen molar-refractivity contribution in [3.05, 3.63) is 94.3 Å². The number of aliphatic imine (C=N–C) groups is 1. The van der Waals surface area contributed by atoms with Gasteiger partial charge in [0.05, 0.1) is 18.2 Å². The van der Waals surface area contributed by atoms with Crippen LogP contribution in [-0.4, -0.2) is 16.5 Å². The first-order chi connectivity index (χ1) is 19.6. The van der Waals surface area contributed by atoms with Gasteiger partial charge in [0.15, 0.2) is 0 Å². The molecule has 8 heteroatoms. The summed E-state index contributed by atoms with van der Waals surface area (Å²) < 4.78 is 48.6. The maximum atomic E-state index is 13.7. The molecule has 3 aromatic rings. The molecule has 220 valence electrons. The molecule has 0 aliphatic rings. The molecule has 0 amide bonds. The predicted octanol–water partition coefficient (Wildman–Crippen LogP) is 9.09. The Morgan fingerprint density at radius 3 is 2.37 bits per heavy atom. The van der Waals surface area contributed by atoms with E-state index in [-0.39, 0.29) is 29.9 Å². The lowest BCUT2D eigenvalue weighted by molar-refractivity contribution is -0.138. The van der Waals surface area contributed by atoms with E-state index in [0.29, 0.717) is 11.4 Å². The van der Waals surface area contributed by atoms with Crippen molar-refractivity contribution in [1.29, 1.82) is 0 Å². The molecule has 3 rings (SSSR count). The molecule has 2 unspecified atom stereocenters. The summed E-state index contributed by atoms with van der Waals surface area (Å²) in [4.78, 5) is 17.9. The van der Waals surface area contributed by atoms with Gasteiger partial charge < -0.3 is 10.1 Å². The Kier molecular flexibility index (Phi) is 11.4. The van der Waals surface area contributed by atoms with Crippen molar-refractivity contribution in [2.24, 2.45) is 10.9 Å². The molecule has 0 aliphatic heterocycles. The van der Waals surface area contributed by atoms with Gasteiger partial charge >= 0.3 is 6.18 Å². The fraction of sp³-hybridized carbons (Fsp3) is 0.394. The third-order valence-corrected chi connectivity index (χ3v) is 7.13. The van der Waals surface area contributed by atoms with Crippen molar-refractivity contribution in [1.82, 2.24) is 4.57 Å². The lowest BCUT2D eigenvalue weighted by Crippen LogP contribution is -2.25. The average molecular weight is 568 g/mol. The molecule has 41 heavy (non-hydrogen) atoms. The van der Waals surface area contributed by atoms with Gasteiger partial charge in [0.1, 0.15) is 17.4 Å². The Hall–Kier alpha value is -3.81. The minimum atomic E-state index is -4.55. The van der Waals surface area contributed by atoms with Crippen LogP contribution in [0.15, 0.2) is 77.0 Å². The Bertz CT molecular complexity index is 1380. The molecule has 0 radical (unpaired) electrons. The van der Waals surface area contributed by atoms with E-state index in [1.807, 2.05) is 38.1 Å². The second kappa shape index (κ2) is 14.7. The largest absolute Gasteiger partial charge is 0.490 e. The van der Waals surface area contributed by atoms with E-state index in [0.717, 1.165) is 49.6 Å². The van der Waals surface area contributed by atoms with Crippen LogP contribution in [0.1, 0.15) is 76.5 Å². The van der Waals surface area contributed by atoms with E-state index in [9.17, 15) is 18.0 Å². The zero-order chi connectivity index (χ0) is 30.0. The number of nitrogens with one attached hydrogen (secondary N) is 1. The minimum Gasteiger partial charge on any atom is -0.490 e. The van der Waals surface area contributed by atoms with E-state index in [4.69, 9.17) is 9.73 Å². The zero-order valence-corrected chi connectivity index (χ0v) is 24.3. The monoisotopic (exact) mass is 567 g/mol. The Morgan fingerprint density at radius 1 is 1.05 bits per heavy atom. The van der Waals surface area contributed by atoms with Gasteiger partial charge in [0.25, 0.3) is 5.56 Å². The lowest BCUT2D eigenvalue weighted by atomic mass is 10.1. The molecule has 2 atom stereocenters. The molecule has 1 N–H and O–H groups in total. The maximum Gasteiger partial charge on any atom is 0.416 e. The van der Waals surface area contributed by atoms with Crippen LogP contribution >= 0.6 is 0 Å². The summed E-state index contributed by atoms with van der Waals surface area (Å²) in [5.41, 5.74) is 0.0690. The summed E-state index contributed by atoms with van der Waals surface area (Å²) in [7, 11) is 0. The van der Waals surface area contributed by atoms with Gasteiger partial charge in [0.2, 0.25) is 0 Å². The van der Waals surface area contributed by atoms with Gasteiger partial charge in [-0.1, -0.05) is 71.4 Å². The number of unbranched alkanes of at least 4 members (excludes halogenated alkanes) is 1. The number of nitrogens with zero attached hydrogens (tertiary/aromatic N) is 2. The standard InChI is InChI=1S/C33H40F3N3O2/c1-6-10-14-27(9-4)41-28-19-17-26(18-20-28)37-31(23(5)7-2)38-32-24(8-3)16-21-30(40)39(32)22-25-13-11-12-15-29(25)33(34,35)36/h8,11-13,15-21,23,27H,3,6-7,9-10,14,22H2,1-2,4-5H3,(H,37,38). The Balaban J connectivity index is 2.00. The highest BCUT2D eigenvalue weighted by Gasteiger charge is 2.33. The van der Waals surface area contributed by atoms with Crippen LogP contribution in [0.25, 0.3) is 6.08 Å². The molecule has 0 bridgehead atoms. The number of halogens is 3. The first-order valence-corrected chi connectivity index (χ1v) is 14.2. The molecule has 0 saturated carbocycles. The molecule has 0 fully saturated rings. The van der Waals surface area contributed by atoms with Gasteiger partial charge in [-0.25, -0.2) is 4.99 Å². The number of aromatic nitrogens is 1. The zero-order valence-electron chi connectivity index (χ0n) is 24.3. The number of ether oxygens (including phenoxy) is 1. The third-order valence-electron chi connectivity index (χ3n) is 7.13. The summed E-state index contributed by atoms with van der Waals surface area (Å²) in [6.07, 6.45) is 2.10. The molecule has 0 spiro atoms. The van der Waals surface area contributed by atoms with Crippen molar-refractivity contribution < 1.29 is 17.9 Å². The van der Waals surface area contributed by atoms with Crippen LogP contribution in [-0.2, 0) is 12.7 Å². The topological polar surface area (TPSA) is 55.6 Å². The van der Waals surface area contributed by atoms with Crippen LogP contribution in [0.3, 0.4) is 0 Å². The van der Waals surface area contributed by atoms with E-state index < -0.39 is 17.3 Å². The number of pyridine rings is 1. The van der Waals surface area contributed by atoms with Gasteiger partial charge in [0, 0.05) is 23.2 Å². The average Bonchev–Trinajstić information content (AvgIpc) is 2.96. The third kappa shape index (κ3) is 8.59. The SMILES string of the molecule is C=Cc1ccc(=O)n(Cc2ccccc2C(F)(F)F)c1N=C(Nc1ccc(OC(CC)CCCC)cc1)C(C)CC. The Morgan fingerprint density at radius 2 is 1.76 bits per heavy atom.